The molecule has 1 heterocycles. The monoisotopic (exact) mass is 396 g/mol. The van der Waals surface area contributed by atoms with Crippen molar-refractivity contribution in [2.24, 2.45) is 0 Å². The number of ether oxygens (including phenoxy) is 2. The molecule has 0 aliphatic rings. The van der Waals surface area contributed by atoms with Crippen molar-refractivity contribution in [1.29, 1.82) is 0 Å². The number of hydrogen-bond acceptors (Lipinski definition) is 7. The highest BCUT2D eigenvalue weighted by atomic mass is 16.5. The van der Waals surface area contributed by atoms with Gasteiger partial charge in [0.05, 0.1) is 6.61 Å². The van der Waals surface area contributed by atoms with Crippen LogP contribution >= 0.6 is 0 Å². The Morgan fingerprint density at radius 1 is 1.10 bits per heavy atom. The van der Waals surface area contributed by atoms with Gasteiger partial charge in [0.15, 0.2) is 6.10 Å². The first-order chi connectivity index (χ1) is 14.0. The lowest BCUT2D eigenvalue weighted by atomic mass is 10.1. The minimum Gasteiger partial charge on any atom is -0.494 e. The quantitative estimate of drug-likeness (QED) is 0.426. The number of esters is 1. The summed E-state index contributed by atoms with van der Waals surface area (Å²) < 4.78 is 16.4. The minimum absolute atomic E-state index is 0.0990. The highest BCUT2D eigenvalue weighted by molar-refractivity contribution is 6.00. The normalized spacial score (nSPS) is 11.7. The molecule has 0 radical (unpaired) electrons. The predicted molar refractivity (Wildman–Crippen MR) is 104 cm³/mol. The summed E-state index contributed by atoms with van der Waals surface area (Å²) >= 11 is 0. The van der Waals surface area contributed by atoms with E-state index < -0.39 is 24.4 Å². The fourth-order valence-electron chi connectivity index (χ4n) is 2.63. The Kier molecular flexibility index (Phi) is 6.23. The highest BCUT2D eigenvalue weighted by Gasteiger charge is 2.21. The second-order valence-corrected chi connectivity index (χ2v) is 6.15. The first kappa shape index (κ1) is 20.1. The molecule has 0 N–H and O–H groups in total. The van der Waals surface area contributed by atoms with Crippen LogP contribution in [0.4, 0.5) is 0 Å². The van der Waals surface area contributed by atoms with Gasteiger partial charge in [-0.15, -0.1) is 5.10 Å². The third-order valence-electron chi connectivity index (χ3n) is 4.03. The smallest absolute Gasteiger partial charge is 0.437 e. The Morgan fingerprint density at radius 3 is 2.45 bits per heavy atom. The summed E-state index contributed by atoms with van der Waals surface area (Å²) in [5.74, 6) is -1.17. The average molecular weight is 396 g/mol. The number of ketones is 1. The van der Waals surface area contributed by atoms with Gasteiger partial charge in [-0.25, -0.2) is 4.79 Å². The standard InChI is InChI=1S/C21H20N2O6/c1-3-27-17-11-9-15(10-12-17)19(25)14(2)28-18(24)13-23-21(26)29-20(22-23)16-7-5-4-6-8-16/h4-12,14H,3,13H2,1-2H3/t14-/m1/s1. The van der Waals surface area contributed by atoms with Crippen molar-refractivity contribution in [3.05, 3.63) is 70.7 Å². The first-order valence-corrected chi connectivity index (χ1v) is 9.08. The molecule has 150 valence electrons. The molecule has 3 rings (SSSR count). The van der Waals surface area contributed by atoms with Crippen LogP contribution in [0.3, 0.4) is 0 Å². The van der Waals surface area contributed by atoms with Crippen molar-refractivity contribution >= 4 is 11.8 Å². The van der Waals surface area contributed by atoms with Crippen LogP contribution in [-0.2, 0) is 16.1 Å². The van der Waals surface area contributed by atoms with E-state index in [2.05, 4.69) is 5.10 Å². The molecule has 0 saturated heterocycles. The minimum atomic E-state index is -1.02. The number of hydrogen-bond donors (Lipinski definition) is 0. The van der Waals surface area contributed by atoms with E-state index in [0.29, 0.717) is 23.5 Å². The average Bonchev–Trinajstić information content (AvgIpc) is 3.09. The van der Waals surface area contributed by atoms with Crippen LogP contribution in [0.25, 0.3) is 11.5 Å². The van der Waals surface area contributed by atoms with Crippen molar-refractivity contribution in [2.75, 3.05) is 6.61 Å². The van der Waals surface area contributed by atoms with Crippen LogP contribution in [0.5, 0.6) is 5.75 Å². The van der Waals surface area contributed by atoms with Crippen molar-refractivity contribution in [1.82, 2.24) is 9.78 Å². The van der Waals surface area contributed by atoms with E-state index in [1.165, 1.54) is 6.92 Å². The van der Waals surface area contributed by atoms with Gasteiger partial charge in [0.2, 0.25) is 11.7 Å². The number of aromatic nitrogens is 2. The molecule has 2 aromatic carbocycles. The van der Waals surface area contributed by atoms with Crippen LogP contribution < -0.4 is 10.5 Å². The maximum absolute atomic E-state index is 12.4. The zero-order chi connectivity index (χ0) is 20.8. The Bertz CT molecular complexity index is 1040. The molecule has 0 amide bonds. The van der Waals surface area contributed by atoms with Crippen LogP contribution in [0.15, 0.2) is 63.8 Å². The fraction of sp³-hybridized carbons (Fsp3) is 0.238. The van der Waals surface area contributed by atoms with Gasteiger partial charge in [0.1, 0.15) is 12.3 Å². The molecule has 0 unspecified atom stereocenters. The number of nitrogens with zero attached hydrogens (tertiary/aromatic N) is 2. The zero-order valence-electron chi connectivity index (χ0n) is 16.0. The van der Waals surface area contributed by atoms with Gasteiger partial charge in [-0.3, -0.25) is 9.59 Å². The van der Waals surface area contributed by atoms with Gasteiger partial charge in [0.25, 0.3) is 0 Å². The molecule has 0 fully saturated rings. The molecular formula is C21H20N2O6. The number of carbonyl (C=O) groups is 2. The molecular weight excluding hydrogens is 376 g/mol. The molecule has 0 spiro atoms. The Morgan fingerprint density at radius 2 is 1.79 bits per heavy atom. The van der Waals surface area contributed by atoms with Gasteiger partial charge in [-0.05, 0) is 50.2 Å². The maximum Gasteiger partial charge on any atom is 0.437 e. The van der Waals surface area contributed by atoms with Crippen molar-refractivity contribution in [3.63, 3.8) is 0 Å². The summed E-state index contributed by atoms with van der Waals surface area (Å²) in [6, 6.07) is 15.4. The third kappa shape index (κ3) is 4.98. The molecule has 29 heavy (non-hydrogen) atoms. The second-order valence-electron chi connectivity index (χ2n) is 6.15. The van der Waals surface area contributed by atoms with Gasteiger partial charge < -0.3 is 13.9 Å². The topological polar surface area (TPSA) is 101 Å². The van der Waals surface area contributed by atoms with Gasteiger partial charge in [0, 0.05) is 11.1 Å². The zero-order valence-corrected chi connectivity index (χ0v) is 16.0. The number of Topliss-reactive ketones (excluding diaryl/α,β-unsaturated/α-hetero) is 1. The van der Waals surface area contributed by atoms with Crippen LogP contribution in [0, 0.1) is 0 Å². The molecule has 0 saturated carbocycles. The Labute approximate surface area is 166 Å². The predicted octanol–water partition coefficient (Wildman–Crippen LogP) is 2.72. The van der Waals surface area contributed by atoms with Crippen molar-refractivity contribution < 1.29 is 23.5 Å². The van der Waals surface area contributed by atoms with Crippen LogP contribution in [0.2, 0.25) is 0 Å². The van der Waals surface area contributed by atoms with E-state index in [-0.39, 0.29) is 11.7 Å². The summed E-state index contributed by atoms with van der Waals surface area (Å²) in [7, 11) is 0. The van der Waals surface area contributed by atoms with E-state index in [1.54, 1.807) is 48.5 Å². The molecule has 0 aliphatic carbocycles. The van der Waals surface area contributed by atoms with E-state index >= 15 is 0 Å². The summed E-state index contributed by atoms with van der Waals surface area (Å²) in [4.78, 5) is 36.5. The lowest BCUT2D eigenvalue weighted by molar-refractivity contribution is -0.147. The largest absolute Gasteiger partial charge is 0.494 e. The van der Waals surface area contributed by atoms with Crippen molar-refractivity contribution in [2.45, 2.75) is 26.5 Å². The van der Waals surface area contributed by atoms with E-state index in [9.17, 15) is 14.4 Å². The van der Waals surface area contributed by atoms with E-state index in [1.807, 2.05) is 13.0 Å². The Balaban J connectivity index is 1.62. The molecule has 1 atom stereocenters. The molecule has 8 nitrogen and oxygen atoms in total. The van der Waals surface area contributed by atoms with Gasteiger partial charge in [-0.2, -0.15) is 4.68 Å². The van der Waals surface area contributed by atoms with E-state index in [4.69, 9.17) is 13.9 Å². The van der Waals surface area contributed by atoms with Gasteiger partial charge >= 0.3 is 11.7 Å². The molecule has 8 heteroatoms. The summed E-state index contributed by atoms with van der Waals surface area (Å²) in [5.41, 5.74) is 0.995. The lowest BCUT2D eigenvalue weighted by Gasteiger charge is -2.12. The third-order valence-corrected chi connectivity index (χ3v) is 4.03. The summed E-state index contributed by atoms with van der Waals surface area (Å²) in [6.45, 7) is 3.39. The fourth-order valence-corrected chi connectivity index (χ4v) is 2.63. The SMILES string of the molecule is CCOc1ccc(C(=O)[C@@H](C)OC(=O)Cn2nc(-c3ccccc3)oc2=O)cc1. The molecule has 0 bridgehead atoms. The highest BCUT2D eigenvalue weighted by Crippen LogP contribution is 2.15. The van der Waals surface area contributed by atoms with Crippen LogP contribution in [0.1, 0.15) is 24.2 Å². The van der Waals surface area contributed by atoms with Crippen molar-refractivity contribution in [3.8, 4) is 17.2 Å². The summed E-state index contributed by atoms with van der Waals surface area (Å²) in [5, 5.41) is 4.00. The Hall–Kier alpha value is -3.68. The number of rotatable bonds is 8. The second kappa shape index (κ2) is 9.01. The van der Waals surface area contributed by atoms with E-state index in [0.717, 1.165) is 4.68 Å². The first-order valence-electron chi connectivity index (χ1n) is 9.08. The lowest BCUT2D eigenvalue weighted by Crippen LogP contribution is -2.29. The van der Waals surface area contributed by atoms with Gasteiger partial charge in [-0.1, -0.05) is 18.2 Å². The molecule has 1 aromatic heterocycles. The molecule has 0 aliphatic heterocycles. The van der Waals surface area contributed by atoms with Crippen LogP contribution in [-0.4, -0.2) is 34.2 Å². The maximum atomic E-state index is 12.4. The number of carbonyl (C=O) groups excluding carboxylic acids is 2. The molecule has 3 aromatic rings. The summed E-state index contributed by atoms with van der Waals surface area (Å²) in [6.07, 6.45) is -1.02. The number of benzene rings is 2.